The number of rotatable bonds is 3. The van der Waals surface area contributed by atoms with E-state index in [1.807, 2.05) is 5.38 Å². The van der Waals surface area contributed by atoms with Crippen LogP contribution in [0.4, 0.5) is 5.13 Å². The van der Waals surface area contributed by atoms with E-state index in [1.54, 1.807) is 6.07 Å². The number of hydrogen-bond acceptors (Lipinski definition) is 4. The summed E-state index contributed by atoms with van der Waals surface area (Å²) >= 11 is 7.22. The quantitative estimate of drug-likeness (QED) is 0.668. The Labute approximate surface area is 149 Å². The van der Waals surface area contributed by atoms with Crippen LogP contribution in [0.2, 0.25) is 5.15 Å². The highest BCUT2D eigenvalue weighted by Crippen LogP contribution is 2.29. The summed E-state index contributed by atoms with van der Waals surface area (Å²) in [4.78, 5) is 20.7. The Bertz CT molecular complexity index is 920. The van der Waals surface area contributed by atoms with E-state index in [0.29, 0.717) is 10.7 Å². The van der Waals surface area contributed by atoms with Crippen LogP contribution in [0.15, 0.2) is 35.8 Å². The van der Waals surface area contributed by atoms with Gasteiger partial charge in [0.2, 0.25) is 0 Å². The van der Waals surface area contributed by atoms with E-state index in [1.165, 1.54) is 40.3 Å². The van der Waals surface area contributed by atoms with E-state index in [9.17, 15) is 4.79 Å². The normalized spacial score (nSPS) is 10.7. The Morgan fingerprint density at radius 3 is 2.62 bits per heavy atom. The largest absolute Gasteiger partial charge is 0.298 e. The summed E-state index contributed by atoms with van der Waals surface area (Å²) in [5.74, 6) is -0.253. The fourth-order valence-electron chi connectivity index (χ4n) is 2.40. The van der Waals surface area contributed by atoms with E-state index in [4.69, 9.17) is 11.6 Å². The van der Waals surface area contributed by atoms with Crippen LogP contribution in [0.3, 0.4) is 0 Å². The molecule has 4 nitrogen and oxygen atoms in total. The monoisotopic (exact) mass is 357 g/mol. The molecule has 1 amide bonds. The van der Waals surface area contributed by atoms with Gasteiger partial charge in [0.05, 0.1) is 5.69 Å². The van der Waals surface area contributed by atoms with Crippen molar-refractivity contribution in [1.29, 1.82) is 0 Å². The maximum atomic E-state index is 12.2. The second kappa shape index (κ2) is 6.71. The van der Waals surface area contributed by atoms with Crippen molar-refractivity contribution in [3.8, 4) is 11.3 Å². The van der Waals surface area contributed by atoms with Crippen molar-refractivity contribution in [3.05, 3.63) is 63.2 Å². The zero-order valence-corrected chi connectivity index (χ0v) is 15.1. The van der Waals surface area contributed by atoms with Crippen molar-refractivity contribution in [2.24, 2.45) is 0 Å². The highest BCUT2D eigenvalue weighted by molar-refractivity contribution is 7.14. The van der Waals surface area contributed by atoms with Crippen molar-refractivity contribution in [2.45, 2.75) is 20.8 Å². The summed E-state index contributed by atoms with van der Waals surface area (Å²) in [6.07, 6.45) is 1.50. The van der Waals surface area contributed by atoms with Gasteiger partial charge in [0, 0.05) is 22.7 Å². The van der Waals surface area contributed by atoms with E-state index >= 15 is 0 Å². The molecule has 0 aliphatic rings. The molecule has 3 aromatic rings. The van der Waals surface area contributed by atoms with Crippen LogP contribution in [0.1, 0.15) is 27.0 Å². The van der Waals surface area contributed by atoms with Crippen molar-refractivity contribution in [3.63, 3.8) is 0 Å². The predicted octanol–water partition coefficient (Wildman–Crippen LogP) is 5.04. The molecule has 0 bridgehead atoms. The standard InChI is InChI=1S/C18H16ClN3OS/c1-10-6-12(3)14(7-11(10)2)15-9-24-18(21-15)22-17(23)13-4-5-20-16(19)8-13/h4-9H,1-3H3,(H,21,22,23). The Morgan fingerprint density at radius 2 is 1.88 bits per heavy atom. The first kappa shape index (κ1) is 16.6. The number of halogens is 1. The van der Waals surface area contributed by atoms with Crippen molar-refractivity contribution >= 4 is 34.0 Å². The number of nitrogens with one attached hydrogen (secondary N) is 1. The number of aromatic nitrogens is 2. The maximum Gasteiger partial charge on any atom is 0.257 e. The average Bonchev–Trinajstić information content (AvgIpc) is 2.99. The fourth-order valence-corrected chi connectivity index (χ4v) is 3.28. The van der Waals surface area contributed by atoms with Gasteiger partial charge in [0.1, 0.15) is 5.15 Å². The minimum absolute atomic E-state index is 0.253. The van der Waals surface area contributed by atoms with Crippen LogP contribution < -0.4 is 5.32 Å². The van der Waals surface area contributed by atoms with Crippen LogP contribution in [0.5, 0.6) is 0 Å². The fraction of sp³-hybridized carbons (Fsp3) is 0.167. The highest BCUT2D eigenvalue weighted by Gasteiger charge is 2.12. The van der Waals surface area contributed by atoms with E-state index < -0.39 is 0 Å². The summed E-state index contributed by atoms with van der Waals surface area (Å²) in [5, 5.41) is 5.60. The SMILES string of the molecule is Cc1cc(C)c(-c2csc(NC(=O)c3ccnc(Cl)c3)n2)cc1C. The van der Waals surface area contributed by atoms with Crippen molar-refractivity contribution in [2.75, 3.05) is 5.32 Å². The second-order valence-corrected chi connectivity index (χ2v) is 6.86. The van der Waals surface area contributed by atoms with E-state index in [0.717, 1.165) is 11.3 Å². The Balaban J connectivity index is 1.84. The van der Waals surface area contributed by atoms with E-state index in [2.05, 4.69) is 48.2 Å². The first-order chi connectivity index (χ1) is 11.4. The van der Waals surface area contributed by atoms with Gasteiger partial charge in [-0.3, -0.25) is 10.1 Å². The lowest BCUT2D eigenvalue weighted by atomic mass is 9.99. The van der Waals surface area contributed by atoms with Gasteiger partial charge < -0.3 is 0 Å². The molecular formula is C18H16ClN3OS. The zero-order valence-electron chi connectivity index (χ0n) is 13.6. The lowest BCUT2D eigenvalue weighted by Gasteiger charge is -2.07. The van der Waals surface area contributed by atoms with Gasteiger partial charge in [-0.15, -0.1) is 11.3 Å². The summed E-state index contributed by atoms with van der Waals surface area (Å²) < 4.78 is 0. The number of aryl methyl sites for hydroxylation is 3. The van der Waals surface area contributed by atoms with Crippen LogP contribution in [0.25, 0.3) is 11.3 Å². The lowest BCUT2D eigenvalue weighted by Crippen LogP contribution is -2.11. The Morgan fingerprint density at radius 1 is 1.12 bits per heavy atom. The molecular weight excluding hydrogens is 342 g/mol. The molecule has 1 N–H and O–H groups in total. The molecule has 0 aliphatic carbocycles. The lowest BCUT2D eigenvalue weighted by molar-refractivity contribution is 0.102. The number of carbonyl (C=O) groups excluding carboxylic acids is 1. The number of hydrogen-bond donors (Lipinski definition) is 1. The smallest absolute Gasteiger partial charge is 0.257 e. The van der Waals surface area contributed by atoms with Crippen LogP contribution in [-0.4, -0.2) is 15.9 Å². The number of pyridine rings is 1. The molecule has 0 unspecified atom stereocenters. The molecule has 2 aromatic heterocycles. The van der Waals surface area contributed by atoms with Crippen LogP contribution >= 0.6 is 22.9 Å². The van der Waals surface area contributed by atoms with Crippen LogP contribution in [-0.2, 0) is 0 Å². The molecule has 3 rings (SSSR count). The van der Waals surface area contributed by atoms with Gasteiger partial charge in [0.15, 0.2) is 5.13 Å². The maximum absolute atomic E-state index is 12.2. The molecule has 0 aliphatic heterocycles. The summed E-state index contributed by atoms with van der Waals surface area (Å²) in [6.45, 7) is 6.25. The zero-order chi connectivity index (χ0) is 17.3. The molecule has 0 saturated heterocycles. The molecule has 0 fully saturated rings. The number of thiazole rings is 1. The topological polar surface area (TPSA) is 54.9 Å². The first-order valence-electron chi connectivity index (χ1n) is 7.40. The molecule has 6 heteroatoms. The minimum Gasteiger partial charge on any atom is -0.298 e. The van der Waals surface area contributed by atoms with Gasteiger partial charge in [-0.1, -0.05) is 17.7 Å². The number of nitrogens with zero attached hydrogens (tertiary/aromatic N) is 2. The van der Waals surface area contributed by atoms with Gasteiger partial charge >= 0.3 is 0 Å². The summed E-state index contributed by atoms with van der Waals surface area (Å²) in [6, 6.07) is 7.43. The van der Waals surface area contributed by atoms with Gasteiger partial charge in [-0.2, -0.15) is 0 Å². The van der Waals surface area contributed by atoms with Gasteiger partial charge in [-0.25, -0.2) is 9.97 Å². The minimum atomic E-state index is -0.253. The molecule has 0 atom stereocenters. The number of benzene rings is 1. The first-order valence-corrected chi connectivity index (χ1v) is 8.66. The Hall–Kier alpha value is -2.24. The molecule has 0 radical (unpaired) electrons. The molecule has 122 valence electrons. The van der Waals surface area contributed by atoms with Crippen molar-refractivity contribution < 1.29 is 4.79 Å². The highest BCUT2D eigenvalue weighted by atomic mass is 35.5. The number of anilines is 1. The molecule has 2 heterocycles. The third-order valence-electron chi connectivity index (χ3n) is 3.83. The third-order valence-corrected chi connectivity index (χ3v) is 4.79. The van der Waals surface area contributed by atoms with Gasteiger partial charge in [-0.05, 0) is 55.7 Å². The van der Waals surface area contributed by atoms with E-state index in [-0.39, 0.29) is 11.1 Å². The summed E-state index contributed by atoms with van der Waals surface area (Å²) in [5.41, 5.74) is 6.05. The third kappa shape index (κ3) is 3.47. The molecule has 24 heavy (non-hydrogen) atoms. The Kier molecular flexibility index (Phi) is 4.64. The van der Waals surface area contributed by atoms with Gasteiger partial charge in [0.25, 0.3) is 5.91 Å². The predicted molar refractivity (Wildman–Crippen MR) is 99.0 cm³/mol. The molecule has 0 spiro atoms. The number of amides is 1. The van der Waals surface area contributed by atoms with Crippen molar-refractivity contribution in [1.82, 2.24) is 9.97 Å². The van der Waals surface area contributed by atoms with Crippen LogP contribution in [0, 0.1) is 20.8 Å². The number of carbonyl (C=O) groups is 1. The average molecular weight is 358 g/mol. The molecule has 1 aromatic carbocycles. The summed E-state index contributed by atoms with van der Waals surface area (Å²) in [7, 11) is 0. The second-order valence-electron chi connectivity index (χ2n) is 5.61. The molecule has 0 saturated carbocycles.